The average Bonchev–Trinajstić information content (AvgIpc) is 3.31. The molecule has 2 aromatic carbocycles. The highest BCUT2D eigenvalue weighted by atomic mass is 16.6. The molecule has 3 heterocycles. The maximum absolute atomic E-state index is 12.0. The molecule has 45 heavy (non-hydrogen) atoms. The molecule has 0 radical (unpaired) electrons. The molecule has 4 amide bonds. The summed E-state index contributed by atoms with van der Waals surface area (Å²) in [6.07, 6.45) is -0.0217. The summed E-state index contributed by atoms with van der Waals surface area (Å²) in [5, 5.41) is 18.5. The number of hydrogen-bond donors (Lipinski definition) is 2. The first-order valence-corrected chi connectivity index (χ1v) is 14.5. The van der Waals surface area contributed by atoms with Gasteiger partial charge in [0.15, 0.2) is 5.60 Å². The van der Waals surface area contributed by atoms with E-state index in [0.29, 0.717) is 39.0 Å². The van der Waals surface area contributed by atoms with Gasteiger partial charge in [-0.05, 0) is 25.0 Å². The number of ketones is 1. The van der Waals surface area contributed by atoms with Gasteiger partial charge >= 0.3 is 18.3 Å². The number of hydrogen-bond acceptors (Lipinski definition) is 10. The standard InChI is InChI=1S/C15H16N2O5.C13H15NO3.C4H7NO/c18-12-15(22-13(19)16-12)6-8-17(9-7-15)14(20)21-10-11-4-2-1-3-5-11;15-12-6-8-14(9-7-12)13(16)17-10-11-4-2-1-3-5-11;1-4(2,6)3-5/h1-5H,6-10H2,(H,16,18,19);1-5H,6-10H2;6H,1-2H3. The number of nitriles is 1. The van der Waals surface area contributed by atoms with Crippen molar-refractivity contribution in [3.05, 3.63) is 71.8 Å². The Kier molecular flexibility index (Phi) is 12.4. The summed E-state index contributed by atoms with van der Waals surface area (Å²) >= 11 is 0. The number of Topliss-reactive ketones (excluding diaryl/α,β-unsaturated/α-hetero) is 1. The Labute approximate surface area is 261 Å². The average molecular weight is 623 g/mol. The topological polar surface area (TPSA) is 176 Å². The Morgan fingerprint density at radius 1 is 0.867 bits per heavy atom. The largest absolute Gasteiger partial charge is 0.445 e. The van der Waals surface area contributed by atoms with Crippen LogP contribution in [0.3, 0.4) is 0 Å². The number of benzene rings is 2. The molecule has 240 valence electrons. The molecule has 3 saturated heterocycles. The molecule has 2 N–H and O–H groups in total. The molecule has 0 aromatic heterocycles. The predicted molar refractivity (Wildman–Crippen MR) is 159 cm³/mol. The summed E-state index contributed by atoms with van der Waals surface area (Å²) in [5.74, 6) is -0.202. The number of ether oxygens (including phenoxy) is 3. The highest BCUT2D eigenvalue weighted by molar-refractivity contribution is 6.03. The van der Waals surface area contributed by atoms with Crippen molar-refractivity contribution in [3.63, 3.8) is 0 Å². The molecular weight excluding hydrogens is 584 g/mol. The normalized spacial score (nSPS) is 17.0. The second-order valence-corrected chi connectivity index (χ2v) is 11.1. The summed E-state index contributed by atoms with van der Waals surface area (Å²) in [6.45, 7) is 4.95. The van der Waals surface area contributed by atoms with E-state index in [4.69, 9.17) is 24.6 Å². The minimum Gasteiger partial charge on any atom is -0.445 e. The van der Waals surface area contributed by atoms with Gasteiger partial charge in [0, 0.05) is 51.9 Å². The number of amides is 4. The van der Waals surface area contributed by atoms with Crippen LogP contribution in [0, 0.1) is 11.3 Å². The van der Waals surface area contributed by atoms with Crippen LogP contribution in [-0.4, -0.2) is 82.3 Å². The Morgan fingerprint density at radius 3 is 1.67 bits per heavy atom. The van der Waals surface area contributed by atoms with Crippen LogP contribution in [0.5, 0.6) is 0 Å². The SMILES string of the molecule is CC(C)(O)C#N.O=C1CCN(C(=O)OCc2ccccc2)CC1.O=C1NC(=O)C2(CCN(C(=O)OCc3ccccc3)CC2)O1. The van der Waals surface area contributed by atoms with Crippen molar-refractivity contribution < 1.29 is 43.3 Å². The Balaban J connectivity index is 0.000000213. The van der Waals surface area contributed by atoms with E-state index in [-0.39, 0.29) is 37.9 Å². The van der Waals surface area contributed by atoms with Gasteiger partial charge in [-0.1, -0.05) is 60.7 Å². The number of carbonyl (C=O) groups is 5. The molecule has 3 fully saturated rings. The van der Waals surface area contributed by atoms with Crippen LogP contribution < -0.4 is 5.32 Å². The molecule has 0 unspecified atom stereocenters. The predicted octanol–water partition coefficient (Wildman–Crippen LogP) is 3.69. The van der Waals surface area contributed by atoms with Crippen LogP contribution in [0.25, 0.3) is 0 Å². The molecule has 0 saturated carbocycles. The number of likely N-dealkylation sites (tertiary alicyclic amines) is 2. The smallest absolute Gasteiger partial charge is 0.415 e. The number of rotatable bonds is 4. The van der Waals surface area contributed by atoms with E-state index >= 15 is 0 Å². The highest BCUT2D eigenvalue weighted by Gasteiger charge is 2.51. The lowest BCUT2D eigenvalue weighted by Gasteiger charge is -2.35. The summed E-state index contributed by atoms with van der Waals surface area (Å²) < 4.78 is 15.5. The van der Waals surface area contributed by atoms with Crippen LogP contribution in [0.2, 0.25) is 0 Å². The van der Waals surface area contributed by atoms with Crippen molar-refractivity contribution in [3.8, 4) is 6.07 Å². The molecule has 0 aliphatic carbocycles. The fraction of sp³-hybridized carbons (Fsp3) is 0.438. The van der Waals surface area contributed by atoms with E-state index in [0.717, 1.165) is 11.1 Å². The van der Waals surface area contributed by atoms with Crippen molar-refractivity contribution in [1.82, 2.24) is 15.1 Å². The molecule has 2 aromatic rings. The van der Waals surface area contributed by atoms with Gasteiger partial charge in [-0.15, -0.1) is 0 Å². The van der Waals surface area contributed by atoms with Gasteiger partial charge in [0.2, 0.25) is 0 Å². The third-order valence-corrected chi connectivity index (χ3v) is 7.01. The van der Waals surface area contributed by atoms with Crippen LogP contribution in [-0.2, 0) is 37.0 Å². The van der Waals surface area contributed by atoms with E-state index in [9.17, 15) is 24.0 Å². The lowest BCUT2D eigenvalue weighted by atomic mass is 9.91. The number of imide groups is 1. The molecule has 5 rings (SSSR count). The third-order valence-electron chi connectivity index (χ3n) is 7.01. The fourth-order valence-corrected chi connectivity index (χ4v) is 4.40. The van der Waals surface area contributed by atoms with Crippen LogP contribution in [0.1, 0.15) is 50.7 Å². The molecule has 0 bridgehead atoms. The molecule has 1 spiro atoms. The van der Waals surface area contributed by atoms with Gasteiger partial charge < -0.3 is 29.1 Å². The summed E-state index contributed by atoms with van der Waals surface area (Å²) in [6, 6.07) is 20.6. The van der Waals surface area contributed by atoms with Crippen molar-refractivity contribution >= 4 is 30.0 Å². The zero-order chi connectivity index (χ0) is 32.9. The lowest BCUT2D eigenvalue weighted by molar-refractivity contribution is -0.135. The van der Waals surface area contributed by atoms with Gasteiger partial charge in [0.25, 0.3) is 5.91 Å². The summed E-state index contributed by atoms with van der Waals surface area (Å²) in [7, 11) is 0. The van der Waals surface area contributed by atoms with Gasteiger partial charge in [0.05, 0.1) is 6.07 Å². The second-order valence-electron chi connectivity index (χ2n) is 11.1. The first-order chi connectivity index (χ1) is 21.4. The number of aliphatic hydroxyl groups is 1. The molecule has 0 atom stereocenters. The summed E-state index contributed by atoms with van der Waals surface area (Å²) in [5.41, 5.74) is -0.393. The third kappa shape index (κ3) is 11.2. The van der Waals surface area contributed by atoms with Crippen molar-refractivity contribution in [1.29, 1.82) is 5.26 Å². The van der Waals surface area contributed by atoms with E-state index in [2.05, 4.69) is 5.32 Å². The Bertz CT molecular complexity index is 1350. The molecule has 3 aliphatic rings. The van der Waals surface area contributed by atoms with E-state index in [1.807, 2.05) is 60.7 Å². The van der Waals surface area contributed by atoms with Gasteiger partial charge in [-0.2, -0.15) is 5.26 Å². The maximum Gasteiger partial charge on any atom is 0.415 e. The first kappa shape index (κ1) is 34.5. The molecule has 3 aliphatic heterocycles. The summed E-state index contributed by atoms with van der Waals surface area (Å²) in [4.78, 5) is 60.7. The number of carbonyl (C=O) groups excluding carboxylic acids is 5. The van der Waals surface area contributed by atoms with Crippen molar-refractivity contribution in [2.24, 2.45) is 0 Å². The van der Waals surface area contributed by atoms with Crippen LogP contribution in [0.4, 0.5) is 14.4 Å². The first-order valence-electron chi connectivity index (χ1n) is 14.5. The van der Waals surface area contributed by atoms with Gasteiger partial charge in [0.1, 0.15) is 24.6 Å². The number of alkyl carbamates (subject to hydrolysis) is 1. The zero-order valence-corrected chi connectivity index (χ0v) is 25.4. The Morgan fingerprint density at radius 2 is 1.29 bits per heavy atom. The minimum atomic E-state index is -1.15. The van der Waals surface area contributed by atoms with Crippen molar-refractivity contribution in [2.45, 2.75) is 63.9 Å². The van der Waals surface area contributed by atoms with Crippen LogP contribution >= 0.6 is 0 Å². The fourth-order valence-electron chi connectivity index (χ4n) is 4.40. The molecule has 13 heteroatoms. The maximum atomic E-state index is 12.0. The Hall–Kier alpha value is -4.96. The van der Waals surface area contributed by atoms with Gasteiger partial charge in [-0.3, -0.25) is 14.9 Å². The zero-order valence-electron chi connectivity index (χ0n) is 25.4. The number of nitrogens with zero attached hydrogens (tertiary/aromatic N) is 3. The second kappa shape index (κ2) is 16.2. The number of nitrogens with one attached hydrogen (secondary N) is 1. The van der Waals surface area contributed by atoms with Crippen LogP contribution in [0.15, 0.2) is 60.7 Å². The van der Waals surface area contributed by atoms with E-state index in [1.54, 1.807) is 11.0 Å². The van der Waals surface area contributed by atoms with Crippen molar-refractivity contribution in [2.75, 3.05) is 26.2 Å². The minimum absolute atomic E-state index is 0.205. The quantitative estimate of drug-likeness (QED) is 0.378. The van der Waals surface area contributed by atoms with E-state index < -0.39 is 29.3 Å². The monoisotopic (exact) mass is 622 g/mol. The highest BCUT2D eigenvalue weighted by Crippen LogP contribution is 2.30. The molecule has 13 nitrogen and oxygen atoms in total. The van der Waals surface area contributed by atoms with Gasteiger partial charge in [-0.25, -0.2) is 14.4 Å². The van der Waals surface area contributed by atoms with E-state index in [1.165, 1.54) is 18.7 Å². The number of piperidine rings is 2. The molecular formula is C32H38N4O9. The lowest BCUT2D eigenvalue weighted by Crippen LogP contribution is -2.51.